The Morgan fingerprint density at radius 2 is 1.86 bits per heavy atom. The van der Waals surface area contributed by atoms with E-state index in [1.165, 1.54) is 30.3 Å². The first-order valence-electron chi connectivity index (χ1n) is 11.6. The van der Waals surface area contributed by atoms with Crippen molar-refractivity contribution in [2.45, 2.75) is 45.4 Å². The summed E-state index contributed by atoms with van der Waals surface area (Å²) in [4.78, 5) is 17.1. The third-order valence-electron chi connectivity index (χ3n) is 6.32. The summed E-state index contributed by atoms with van der Waals surface area (Å²) >= 11 is 0. The van der Waals surface area contributed by atoms with Crippen LogP contribution >= 0.6 is 0 Å². The van der Waals surface area contributed by atoms with Crippen molar-refractivity contribution >= 4 is 5.91 Å². The molecular formula is C26H24F2N4O3. The van der Waals surface area contributed by atoms with Crippen LogP contribution in [-0.2, 0) is 12.8 Å². The van der Waals surface area contributed by atoms with Crippen LogP contribution in [0.2, 0.25) is 0 Å². The quantitative estimate of drug-likeness (QED) is 0.399. The molecule has 0 aliphatic heterocycles. The van der Waals surface area contributed by atoms with E-state index in [0.29, 0.717) is 28.3 Å². The molecule has 2 aromatic carbocycles. The molecule has 2 heterocycles. The minimum Gasteiger partial charge on any atom is -0.351 e. The average molecular weight is 478 g/mol. The molecule has 1 atom stereocenters. The zero-order chi connectivity index (χ0) is 24.5. The second kappa shape index (κ2) is 9.40. The molecule has 1 unspecified atom stereocenters. The van der Waals surface area contributed by atoms with Gasteiger partial charge in [-0.2, -0.15) is 4.98 Å². The van der Waals surface area contributed by atoms with Crippen LogP contribution < -0.4 is 5.32 Å². The van der Waals surface area contributed by atoms with Crippen LogP contribution in [0.15, 0.2) is 45.4 Å². The van der Waals surface area contributed by atoms with E-state index in [1.807, 2.05) is 6.92 Å². The second-order valence-electron chi connectivity index (χ2n) is 8.87. The lowest BCUT2D eigenvalue weighted by atomic mass is 9.96. The second-order valence-corrected chi connectivity index (χ2v) is 8.87. The summed E-state index contributed by atoms with van der Waals surface area (Å²) in [6.07, 6.45) is 3.90. The largest absolute Gasteiger partial charge is 0.351 e. The lowest BCUT2D eigenvalue weighted by Crippen LogP contribution is -2.28. The Morgan fingerprint density at radius 3 is 2.66 bits per heavy atom. The number of aromatic nitrogens is 3. The number of hydrogen-bond donors (Lipinski definition) is 1. The van der Waals surface area contributed by atoms with Crippen LogP contribution in [0.1, 0.15) is 58.7 Å². The molecule has 4 aromatic rings. The molecule has 0 spiro atoms. The van der Waals surface area contributed by atoms with E-state index in [9.17, 15) is 13.6 Å². The van der Waals surface area contributed by atoms with Crippen LogP contribution in [-0.4, -0.2) is 27.7 Å². The van der Waals surface area contributed by atoms with Crippen molar-refractivity contribution in [1.82, 2.24) is 20.6 Å². The van der Waals surface area contributed by atoms with Crippen molar-refractivity contribution in [1.29, 1.82) is 0 Å². The maximum absolute atomic E-state index is 14.8. The van der Waals surface area contributed by atoms with E-state index < -0.39 is 11.7 Å². The summed E-state index contributed by atoms with van der Waals surface area (Å²) in [6, 6.07) is 8.40. The summed E-state index contributed by atoms with van der Waals surface area (Å²) in [5, 5.41) is 10.9. The third kappa shape index (κ3) is 4.58. The van der Waals surface area contributed by atoms with Gasteiger partial charge in [-0.1, -0.05) is 29.4 Å². The van der Waals surface area contributed by atoms with Crippen molar-refractivity contribution in [3.05, 3.63) is 76.2 Å². The van der Waals surface area contributed by atoms with Gasteiger partial charge in [0.25, 0.3) is 11.8 Å². The fraction of sp³-hybridized carbons (Fsp3) is 0.308. The number of hydrogen-bond acceptors (Lipinski definition) is 6. The fourth-order valence-corrected chi connectivity index (χ4v) is 4.33. The van der Waals surface area contributed by atoms with Gasteiger partial charge in [0.05, 0.1) is 5.69 Å². The molecule has 7 nitrogen and oxygen atoms in total. The fourth-order valence-electron chi connectivity index (χ4n) is 4.33. The number of aryl methyl sites for hydroxylation is 2. The molecule has 1 amide bonds. The van der Waals surface area contributed by atoms with E-state index in [-0.39, 0.29) is 29.7 Å². The Bertz CT molecular complexity index is 1400. The Balaban J connectivity index is 1.24. The minimum atomic E-state index is -0.557. The van der Waals surface area contributed by atoms with Crippen molar-refractivity contribution in [3.8, 4) is 22.8 Å². The molecule has 0 fully saturated rings. The number of amides is 1. The third-order valence-corrected chi connectivity index (χ3v) is 6.32. The molecule has 5 rings (SSSR count). The first-order valence-corrected chi connectivity index (χ1v) is 11.6. The molecule has 35 heavy (non-hydrogen) atoms. The molecule has 180 valence electrons. The Morgan fingerprint density at radius 1 is 1.06 bits per heavy atom. The van der Waals surface area contributed by atoms with Crippen molar-refractivity contribution in [2.75, 3.05) is 6.54 Å². The molecule has 0 radical (unpaired) electrons. The summed E-state index contributed by atoms with van der Waals surface area (Å²) < 4.78 is 39.0. The normalized spacial score (nSPS) is 13.9. The molecular weight excluding hydrogens is 454 g/mol. The van der Waals surface area contributed by atoms with E-state index >= 15 is 0 Å². The minimum absolute atomic E-state index is 0.181. The lowest BCUT2D eigenvalue weighted by molar-refractivity contribution is 0.0951. The van der Waals surface area contributed by atoms with Gasteiger partial charge in [0.15, 0.2) is 5.82 Å². The van der Waals surface area contributed by atoms with Crippen molar-refractivity contribution in [2.24, 2.45) is 0 Å². The molecule has 0 saturated heterocycles. The highest BCUT2D eigenvalue weighted by atomic mass is 19.1. The molecule has 0 saturated carbocycles. The lowest BCUT2D eigenvalue weighted by Gasteiger charge is -2.11. The van der Waals surface area contributed by atoms with Crippen LogP contribution in [0.25, 0.3) is 22.8 Å². The Kier molecular flexibility index (Phi) is 6.15. The standard InChI is InChI=1S/C26H24F2N4O3/c1-14-11-17(27)8-10-18(14)19-9-7-16(12-21(19)28)25(33)29-13-15(2)24-30-26(35-32-24)23-20-5-3-4-6-22(20)31-34-23/h7-12,15H,3-6,13H2,1-2H3,(H,29,33). The first-order chi connectivity index (χ1) is 16.9. The molecule has 1 aliphatic rings. The molecule has 2 aromatic heterocycles. The van der Waals surface area contributed by atoms with Crippen LogP contribution in [0.4, 0.5) is 8.78 Å². The first kappa shape index (κ1) is 22.9. The number of carbonyl (C=O) groups is 1. The molecule has 9 heteroatoms. The number of nitrogens with one attached hydrogen (secondary N) is 1. The summed E-state index contributed by atoms with van der Waals surface area (Å²) in [7, 11) is 0. The molecule has 1 aliphatic carbocycles. The van der Waals surface area contributed by atoms with Gasteiger partial charge in [0, 0.05) is 29.2 Å². The van der Waals surface area contributed by atoms with Gasteiger partial charge in [0.1, 0.15) is 11.6 Å². The number of halogens is 2. The van der Waals surface area contributed by atoms with Crippen LogP contribution in [0, 0.1) is 18.6 Å². The van der Waals surface area contributed by atoms with E-state index in [2.05, 4.69) is 20.6 Å². The Labute approximate surface area is 200 Å². The number of fused-ring (bicyclic) bond motifs is 1. The van der Waals surface area contributed by atoms with Gasteiger partial charge in [-0.3, -0.25) is 4.79 Å². The van der Waals surface area contributed by atoms with E-state index in [0.717, 1.165) is 36.9 Å². The van der Waals surface area contributed by atoms with Gasteiger partial charge in [-0.15, -0.1) is 0 Å². The van der Waals surface area contributed by atoms with E-state index in [1.54, 1.807) is 13.0 Å². The SMILES string of the molecule is Cc1cc(F)ccc1-c1ccc(C(=O)NCC(C)c2noc(-c3onc4c3CCCC4)n2)cc1F. The topological polar surface area (TPSA) is 94.1 Å². The number of nitrogens with zero attached hydrogens (tertiary/aromatic N) is 3. The zero-order valence-electron chi connectivity index (χ0n) is 19.4. The summed E-state index contributed by atoms with van der Waals surface area (Å²) in [6.45, 7) is 3.79. The summed E-state index contributed by atoms with van der Waals surface area (Å²) in [5.41, 5.74) is 3.64. The average Bonchev–Trinajstić information content (AvgIpc) is 3.50. The summed E-state index contributed by atoms with van der Waals surface area (Å²) in [5.74, 6) is -0.393. The van der Waals surface area contributed by atoms with Crippen LogP contribution in [0.5, 0.6) is 0 Å². The molecule has 0 bridgehead atoms. The smallest absolute Gasteiger partial charge is 0.296 e. The van der Waals surface area contributed by atoms with Gasteiger partial charge in [0.2, 0.25) is 5.76 Å². The molecule has 1 N–H and O–H groups in total. The van der Waals surface area contributed by atoms with Crippen molar-refractivity contribution in [3.63, 3.8) is 0 Å². The Hall–Kier alpha value is -3.88. The highest BCUT2D eigenvalue weighted by Crippen LogP contribution is 2.31. The highest BCUT2D eigenvalue weighted by Gasteiger charge is 2.25. The predicted octanol–water partition coefficient (Wildman–Crippen LogP) is 5.39. The zero-order valence-corrected chi connectivity index (χ0v) is 19.4. The van der Waals surface area contributed by atoms with Gasteiger partial charge >= 0.3 is 0 Å². The van der Waals surface area contributed by atoms with Gasteiger partial charge in [-0.25, -0.2) is 8.78 Å². The van der Waals surface area contributed by atoms with Crippen LogP contribution in [0.3, 0.4) is 0 Å². The van der Waals surface area contributed by atoms with Gasteiger partial charge < -0.3 is 14.4 Å². The maximum atomic E-state index is 14.8. The number of rotatable bonds is 6. The maximum Gasteiger partial charge on any atom is 0.296 e. The highest BCUT2D eigenvalue weighted by molar-refractivity contribution is 5.94. The monoisotopic (exact) mass is 478 g/mol. The number of carbonyl (C=O) groups excluding carboxylic acids is 1. The van der Waals surface area contributed by atoms with E-state index in [4.69, 9.17) is 9.05 Å². The van der Waals surface area contributed by atoms with Gasteiger partial charge in [-0.05, 0) is 68.0 Å². The predicted molar refractivity (Wildman–Crippen MR) is 124 cm³/mol. The number of benzene rings is 2. The van der Waals surface area contributed by atoms with Crippen molar-refractivity contribution < 1.29 is 22.6 Å².